The molecule has 0 aliphatic rings. The third-order valence-electron chi connectivity index (χ3n) is 4.16. The summed E-state index contributed by atoms with van der Waals surface area (Å²) in [6.07, 6.45) is 0.0369. The summed E-state index contributed by atoms with van der Waals surface area (Å²) in [6.45, 7) is 2.33. The van der Waals surface area contributed by atoms with E-state index >= 15 is 0 Å². The summed E-state index contributed by atoms with van der Waals surface area (Å²) in [7, 11) is 0. The number of benzene rings is 1. The molecule has 7 N–H and O–H groups in total. The Labute approximate surface area is 168 Å². The van der Waals surface area contributed by atoms with E-state index in [9.17, 15) is 29.4 Å². The number of hydrogen-bond donors (Lipinski definition) is 6. The maximum Gasteiger partial charge on any atom is 0.326 e. The van der Waals surface area contributed by atoms with Crippen LogP contribution in [0, 0.1) is 5.92 Å². The molecule has 29 heavy (non-hydrogen) atoms. The van der Waals surface area contributed by atoms with Gasteiger partial charge in [0.2, 0.25) is 17.7 Å². The van der Waals surface area contributed by atoms with Crippen molar-refractivity contribution in [2.24, 2.45) is 11.7 Å². The highest BCUT2D eigenvalue weighted by Crippen LogP contribution is 2.05. The van der Waals surface area contributed by atoms with E-state index in [-0.39, 0.29) is 18.9 Å². The van der Waals surface area contributed by atoms with Gasteiger partial charge in [-0.1, -0.05) is 44.2 Å². The number of amides is 3. The zero-order chi connectivity index (χ0) is 22.0. The molecule has 3 unspecified atom stereocenters. The van der Waals surface area contributed by atoms with Gasteiger partial charge in [0, 0.05) is 6.42 Å². The van der Waals surface area contributed by atoms with Crippen LogP contribution in [0.4, 0.5) is 0 Å². The van der Waals surface area contributed by atoms with Crippen LogP contribution in [0.5, 0.6) is 0 Å². The van der Waals surface area contributed by atoms with Gasteiger partial charge in [-0.15, -0.1) is 0 Å². The van der Waals surface area contributed by atoms with Crippen molar-refractivity contribution >= 4 is 23.7 Å². The molecule has 0 heterocycles. The molecule has 3 amide bonds. The molecule has 0 aromatic heterocycles. The molecule has 10 nitrogen and oxygen atoms in total. The highest BCUT2D eigenvalue weighted by Gasteiger charge is 2.30. The molecule has 0 spiro atoms. The number of carboxylic acids is 1. The van der Waals surface area contributed by atoms with Gasteiger partial charge in [0.05, 0.1) is 13.2 Å². The topological polar surface area (TPSA) is 171 Å². The Morgan fingerprint density at radius 3 is 2.03 bits per heavy atom. The number of carbonyl (C=O) groups is 4. The number of nitrogens with two attached hydrogens (primary N) is 1. The lowest BCUT2D eigenvalue weighted by Crippen LogP contribution is -2.58. The van der Waals surface area contributed by atoms with Crippen LogP contribution < -0.4 is 21.7 Å². The van der Waals surface area contributed by atoms with Gasteiger partial charge in [-0.2, -0.15) is 0 Å². The predicted octanol–water partition coefficient (Wildman–Crippen LogP) is -1.62. The van der Waals surface area contributed by atoms with Crippen LogP contribution in [-0.4, -0.2) is 65.2 Å². The number of carbonyl (C=O) groups excluding carboxylic acids is 3. The van der Waals surface area contributed by atoms with Crippen molar-refractivity contribution in [2.75, 3.05) is 13.2 Å². The van der Waals surface area contributed by atoms with Gasteiger partial charge in [-0.05, 0) is 11.5 Å². The van der Waals surface area contributed by atoms with Crippen molar-refractivity contribution in [3.05, 3.63) is 35.9 Å². The Hall–Kier alpha value is -2.98. The number of aliphatic carboxylic acids is 1. The molecule has 160 valence electrons. The fraction of sp³-hybridized carbons (Fsp3) is 0.474. The Balaban J connectivity index is 2.81. The van der Waals surface area contributed by atoms with E-state index in [0.29, 0.717) is 5.56 Å². The smallest absolute Gasteiger partial charge is 0.326 e. The van der Waals surface area contributed by atoms with Gasteiger partial charge in [0.1, 0.15) is 18.1 Å². The van der Waals surface area contributed by atoms with Crippen molar-refractivity contribution < 1.29 is 29.4 Å². The number of hydrogen-bond acceptors (Lipinski definition) is 6. The molecule has 0 aliphatic carbocycles. The average molecular weight is 408 g/mol. The normalized spacial score (nSPS) is 13.8. The summed E-state index contributed by atoms with van der Waals surface area (Å²) in [6, 6.07) is 5.13. The van der Waals surface area contributed by atoms with Crippen molar-refractivity contribution in [3.63, 3.8) is 0 Å². The number of carboxylic acid groups (broad SMARTS) is 1. The minimum atomic E-state index is -1.38. The monoisotopic (exact) mass is 408 g/mol. The van der Waals surface area contributed by atoms with E-state index in [4.69, 9.17) is 5.73 Å². The molecule has 0 radical (unpaired) electrons. The van der Waals surface area contributed by atoms with Crippen molar-refractivity contribution in [1.29, 1.82) is 0 Å². The number of rotatable bonds is 11. The minimum absolute atomic E-state index is 0.0369. The second-order valence-corrected chi connectivity index (χ2v) is 6.83. The average Bonchev–Trinajstić information content (AvgIpc) is 2.69. The van der Waals surface area contributed by atoms with Crippen molar-refractivity contribution in [2.45, 2.75) is 38.4 Å². The number of aliphatic hydroxyl groups is 1. The third-order valence-corrected chi connectivity index (χ3v) is 4.16. The molecule has 0 fully saturated rings. The van der Waals surface area contributed by atoms with Gasteiger partial charge >= 0.3 is 5.97 Å². The minimum Gasteiger partial charge on any atom is -0.480 e. The molecule has 1 aromatic carbocycles. The zero-order valence-electron chi connectivity index (χ0n) is 16.4. The lowest BCUT2D eigenvalue weighted by molar-refractivity contribution is -0.142. The Morgan fingerprint density at radius 2 is 1.55 bits per heavy atom. The number of aliphatic hydroxyl groups excluding tert-OH is 1. The molecule has 0 aliphatic heterocycles. The first-order valence-corrected chi connectivity index (χ1v) is 9.17. The van der Waals surface area contributed by atoms with Gasteiger partial charge in [0.15, 0.2) is 0 Å². The molecule has 0 saturated carbocycles. The Bertz CT molecular complexity index is 710. The van der Waals surface area contributed by atoms with Crippen LogP contribution in [0.25, 0.3) is 0 Å². The maximum absolute atomic E-state index is 12.4. The van der Waals surface area contributed by atoms with E-state index in [1.54, 1.807) is 44.2 Å². The molecule has 1 aromatic rings. The fourth-order valence-corrected chi connectivity index (χ4v) is 2.55. The summed E-state index contributed by atoms with van der Waals surface area (Å²) >= 11 is 0. The van der Waals surface area contributed by atoms with E-state index in [0.717, 1.165) is 0 Å². The summed E-state index contributed by atoms with van der Waals surface area (Å²) in [5.74, 6) is -3.64. The Morgan fingerprint density at radius 1 is 0.966 bits per heavy atom. The molecular weight excluding hydrogens is 380 g/mol. The highest BCUT2D eigenvalue weighted by atomic mass is 16.4. The van der Waals surface area contributed by atoms with Gasteiger partial charge in [-0.25, -0.2) is 4.79 Å². The quantitative estimate of drug-likeness (QED) is 0.255. The van der Waals surface area contributed by atoms with Crippen LogP contribution in [0.1, 0.15) is 19.4 Å². The Kier molecular flexibility index (Phi) is 9.76. The molecule has 10 heteroatoms. The molecular formula is C19H28N4O6. The maximum atomic E-state index is 12.4. The lowest BCUT2D eigenvalue weighted by Gasteiger charge is -2.25. The summed E-state index contributed by atoms with van der Waals surface area (Å²) in [5, 5.41) is 26.0. The van der Waals surface area contributed by atoms with Crippen molar-refractivity contribution in [3.8, 4) is 0 Å². The molecule has 3 atom stereocenters. The van der Waals surface area contributed by atoms with Crippen LogP contribution in [0.3, 0.4) is 0 Å². The fourth-order valence-electron chi connectivity index (χ4n) is 2.55. The lowest BCUT2D eigenvalue weighted by atomic mass is 10.0. The highest BCUT2D eigenvalue weighted by molar-refractivity contribution is 5.93. The first kappa shape index (κ1) is 24.1. The van der Waals surface area contributed by atoms with E-state index in [1.807, 2.05) is 0 Å². The second-order valence-electron chi connectivity index (χ2n) is 6.83. The van der Waals surface area contributed by atoms with Crippen molar-refractivity contribution in [1.82, 2.24) is 16.0 Å². The van der Waals surface area contributed by atoms with Gasteiger partial charge < -0.3 is 31.9 Å². The van der Waals surface area contributed by atoms with E-state index in [1.165, 1.54) is 0 Å². The molecule has 1 rings (SSSR count). The van der Waals surface area contributed by atoms with Crippen LogP contribution in [0.15, 0.2) is 30.3 Å². The van der Waals surface area contributed by atoms with Crippen LogP contribution in [0.2, 0.25) is 0 Å². The van der Waals surface area contributed by atoms with Crippen LogP contribution in [-0.2, 0) is 25.6 Å². The summed E-state index contributed by atoms with van der Waals surface area (Å²) in [4.78, 5) is 47.9. The number of nitrogens with one attached hydrogen (secondary N) is 3. The summed E-state index contributed by atoms with van der Waals surface area (Å²) in [5.41, 5.74) is 5.94. The first-order valence-electron chi connectivity index (χ1n) is 9.17. The second kappa shape index (κ2) is 11.8. The van der Waals surface area contributed by atoms with Crippen LogP contribution >= 0.6 is 0 Å². The van der Waals surface area contributed by atoms with Gasteiger partial charge in [-0.3, -0.25) is 14.4 Å². The SMILES string of the molecule is CC(C)C(NC(=O)CN)C(=O)NC(CO)C(=O)NC(Cc1ccccc1)C(=O)O. The zero-order valence-corrected chi connectivity index (χ0v) is 16.4. The largest absolute Gasteiger partial charge is 0.480 e. The predicted molar refractivity (Wildman–Crippen MR) is 105 cm³/mol. The standard InChI is InChI=1S/C19H28N4O6/c1-11(2)16(23-15(25)9-20)18(27)22-14(10-24)17(26)21-13(19(28)29)8-12-6-4-3-5-7-12/h3-7,11,13-14,16,24H,8-10,20H2,1-2H3,(H,21,26)(H,22,27)(H,23,25)(H,28,29). The van der Waals surface area contributed by atoms with Gasteiger partial charge in [0.25, 0.3) is 0 Å². The first-order chi connectivity index (χ1) is 13.7. The van der Waals surface area contributed by atoms with E-state index in [2.05, 4.69) is 16.0 Å². The summed E-state index contributed by atoms with van der Waals surface area (Å²) < 4.78 is 0. The van der Waals surface area contributed by atoms with E-state index < -0.39 is 48.4 Å². The molecule has 0 bridgehead atoms. The third kappa shape index (κ3) is 7.88. The molecule has 0 saturated heterocycles.